The van der Waals surface area contributed by atoms with Crippen LogP contribution in [-0.4, -0.2) is 29.2 Å². The van der Waals surface area contributed by atoms with Gasteiger partial charge in [0.05, 0.1) is 40.5 Å². The number of benzene rings is 2. The molecule has 0 saturated carbocycles. The molecule has 0 aliphatic carbocycles. The Hall–Kier alpha value is -4.77. The highest BCUT2D eigenvalue weighted by atomic mass is 32.1. The molecule has 10 nitrogen and oxygen atoms in total. The Kier molecular flexibility index (Phi) is 6.99. The van der Waals surface area contributed by atoms with Crippen molar-refractivity contribution in [3.8, 4) is 17.1 Å². The molecule has 0 amide bonds. The van der Waals surface area contributed by atoms with E-state index in [9.17, 15) is 19.7 Å². The zero-order chi connectivity index (χ0) is 27.7. The zero-order valence-corrected chi connectivity index (χ0v) is 22.1. The average molecular weight is 546 g/mol. The van der Waals surface area contributed by atoms with Crippen LogP contribution in [0.4, 0.5) is 5.69 Å². The van der Waals surface area contributed by atoms with Crippen molar-refractivity contribution >= 4 is 29.1 Å². The van der Waals surface area contributed by atoms with Crippen LogP contribution in [0.15, 0.2) is 86.1 Å². The first-order valence-electron chi connectivity index (χ1n) is 12.0. The van der Waals surface area contributed by atoms with Crippen LogP contribution in [0, 0.1) is 10.1 Å². The molecule has 1 aliphatic rings. The molecule has 198 valence electrons. The van der Waals surface area contributed by atoms with Crippen LogP contribution in [0.2, 0.25) is 0 Å². The van der Waals surface area contributed by atoms with Gasteiger partial charge in [-0.2, -0.15) is 0 Å². The van der Waals surface area contributed by atoms with Gasteiger partial charge in [-0.3, -0.25) is 19.5 Å². The first-order chi connectivity index (χ1) is 18.8. The molecular formula is C28H23N3O7S. The number of methoxy groups -OCH3 is 1. The summed E-state index contributed by atoms with van der Waals surface area (Å²) in [4.78, 5) is 42.2. The summed E-state index contributed by atoms with van der Waals surface area (Å²) in [6.07, 6.45) is 1.62. The summed E-state index contributed by atoms with van der Waals surface area (Å²) in [6.45, 7) is 3.63. The number of thiazole rings is 1. The molecule has 39 heavy (non-hydrogen) atoms. The van der Waals surface area contributed by atoms with E-state index in [2.05, 4.69) is 4.99 Å². The van der Waals surface area contributed by atoms with Crippen LogP contribution >= 0.6 is 11.3 Å². The fraction of sp³-hybridized carbons (Fsp3) is 0.179. The molecule has 1 unspecified atom stereocenters. The van der Waals surface area contributed by atoms with Crippen molar-refractivity contribution in [1.29, 1.82) is 0 Å². The number of carbonyl (C=O) groups is 1. The Labute approximate surface area is 225 Å². The molecule has 2 aromatic carbocycles. The average Bonchev–Trinajstić information content (AvgIpc) is 3.52. The fourth-order valence-electron chi connectivity index (χ4n) is 4.36. The minimum Gasteiger partial charge on any atom is -0.497 e. The molecule has 4 aromatic rings. The van der Waals surface area contributed by atoms with Gasteiger partial charge < -0.3 is 13.9 Å². The normalized spacial score (nSPS) is 15.1. The monoisotopic (exact) mass is 545 g/mol. The first kappa shape index (κ1) is 25.9. The highest BCUT2D eigenvalue weighted by Crippen LogP contribution is 2.31. The predicted molar refractivity (Wildman–Crippen MR) is 144 cm³/mol. The van der Waals surface area contributed by atoms with E-state index in [4.69, 9.17) is 13.9 Å². The molecule has 0 spiro atoms. The number of hydrogen-bond donors (Lipinski definition) is 0. The molecular weight excluding hydrogens is 522 g/mol. The molecule has 0 saturated heterocycles. The summed E-state index contributed by atoms with van der Waals surface area (Å²) in [5.41, 5.74) is 1.79. The number of furan rings is 1. The van der Waals surface area contributed by atoms with Crippen LogP contribution in [0.25, 0.3) is 17.4 Å². The maximum atomic E-state index is 13.7. The van der Waals surface area contributed by atoms with E-state index < -0.39 is 16.9 Å². The van der Waals surface area contributed by atoms with Crippen molar-refractivity contribution in [2.24, 2.45) is 4.99 Å². The number of nitro groups is 1. The number of hydrogen-bond acceptors (Lipinski definition) is 9. The second kappa shape index (κ2) is 10.5. The van der Waals surface area contributed by atoms with Gasteiger partial charge in [-0.05, 0) is 55.8 Å². The van der Waals surface area contributed by atoms with Gasteiger partial charge in [0.15, 0.2) is 4.80 Å². The lowest BCUT2D eigenvalue weighted by Crippen LogP contribution is -2.39. The highest BCUT2D eigenvalue weighted by molar-refractivity contribution is 7.07. The molecule has 0 fully saturated rings. The highest BCUT2D eigenvalue weighted by Gasteiger charge is 2.33. The quantitative estimate of drug-likeness (QED) is 0.195. The summed E-state index contributed by atoms with van der Waals surface area (Å²) >= 11 is 1.19. The number of fused-ring (bicyclic) bond motifs is 1. The first-order valence-corrected chi connectivity index (χ1v) is 12.8. The second-order valence-electron chi connectivity index (χ2n) is 8.58. The fourth-order valence-corrected chi connectivity index (χ4v) is 5.38. The summed E-state index contributed by atoms with van der Waals surface area (Å²) < 4.78 is 18.4. The molecule has 2 aromatic heterocycles. The predicted octanol–water partition coefficient (Wildman–Crippen LogP) is 3.98. The number of allylic oxidation sites excluding steroid dienone is 1. The number of nitro benzene ring substituents is 1. The lowest BCUT2D eigenvalue weighted by atomic mass is 9.96. The van der Waals surface area contributed by atoms with Crippen LogP contribution in [0.1, 0.15) is 31.2 Å². The van der Waals surface area contributed by atoms with Gasteiger partial charge in [0.2, 0.25) is 0 Å². The number of carbonyl (C=O) groups excluding carboxylic acids is 1. The van der Waals surface area contributed by atoms with E-state index in [-0.39, 0.29) is 17.9 Å². The zero-order valence-electron chi connectivity index (χ0n) is 21.2. The smallest absolute Gasteiger partial charge is 0.338 e. The number of nitrogens with zero attached hydrogens (tertiary/aromatic N) is 3. The van der Waals surface area contributed by atoms with Crippen molar-refractivity contribution in [3.63, 3.8) is 0 Å². The third-order valence-electron chi connectivity index (χ3n) is 6.21. The van der Waals surface area contributed by atoms with Crippen molar-refractivity contribution in [3.05, 3.63) is 113 Å². The van der Waals surface area contributed by atoms with Crippen LogP contribution in [0.3, 0.4) is 0 Å². The van der Waals surface area contributed by atoms with Crippen molar-refractivity contribution < 1.29 is 23.6 Å². The summed E-state index contributed by atoms with van der Waals surface area (Å²) in [6, 6.07) is 15.9. The van der Waals surface area contributed by atoms with E-state index >= 15 is 0 Å². The maximum absolute atomic E-state index is 13.7. The lowest BCUT2D eigenvalue weighted by molar-refractivity contribution is -0.384. The molecule has 0 radical (unpaired) electrons. The molecule has 1 aliphatic heterocycles. The number of non-ortho nitro benzene ring substituents is 1. The number of esters is 1. The van der Waals surface area contributed by atoms with Crippen LogP contribution < -0.4 is 19.6 Å². The molecule has 0 N–H and O–H groups in total. The van der Waals surface area contributed by atoms with Gasteiger partial charge in [0.1, 0.15) is 17.3 Å². The Balaban J connectivity index is 1.59. The Morgan fingerprint density at radius 1 is 1.15 bits per heavy atom. The van der Waals surface area contributed by atoms with E-state index in [1.165, 1.54) is 28.0 Å². The number of ether oxygens (including phenoxy) is 2. The summed E-state index contributed by atoms with van der Waals surface area (Å²) in [5, 5.41) is 10.9. The maximum Gasteiger partial charge on any atom is 0.338 e. The third kappa shape index (κ3) is 4.91. The molecule has 3 heterocycles. The largest absolute Gasteiger partial charge is 0.497 e. The van der Waals surface area contributed by atoms with Gasteiger partial charge >= 0.3 is 5.97 Å². The SMILES string of the molecule is CCOC(=O)C1=C(C)N=c2sc(=Cc3ccc(-c4ccc([N+](=O)[O-])cc4)o3)c(=O)n2C1c1ccc(OC)cc1. The topological polar surface area (TPSA) is 126 Å². The van der Waals surface area contributed by atoms with Crippen LogP contribution in [0.5, 0.6) is 5.75 Å². The Bertz CT molecular complexity index is 1780. The van der Waals surface area contributed by atoms with Crippen molar-refractivity contribution in [2.75, 3.05) is 13.7 Å². The summed E-state index contributed by atoms with van der Waals surface area (Å²) in [5.74, 6) is 1.04. The van der Waals surface area contributed by atoms with E-state index in [0.717, 1.165) is 0 Å². The molecule has 11 heteroatoms. The minimum absolute atomic E-state index is 0.0180. The van der Waals surface area contributed by atoms with Gasteiger partial charge in [-0.15, -0.1) is 0 Å². The van der Waals surface area contributed by atoms with Gasteiger partial charge in [-0.1, -0.05) is 23.5 Å². The minimum atomic E-state index is -0.736. The Morgan fingerprint density at radius 2 is 1.87 bits per heavy atom. The molecule has 0 bridgehead atoms. The van der Waals surface area contributed by atoms with Gasteiger partial charge in [0.25, 0.3) is 11.2 Å². The van der Waals surface area contributed by atoms with Crippen molar-refractivity contribution in [1.82, 2.24) is 4.57 Å². The number of rotatable bonds is 7. The van der Waals surface area contributed by atoms with E-state index in [1.54, 1.807) is 63.4 Å². The van der Waals surface area contributed by atoms with Crippen LogP contribution in [-0.2, 0) is 9.53 Å². The molecule has 1 atom stereocenters. The molecule has 5 rings (SSSR count). The Morgan fingerprint density at radius 3 is 2.51 bits per heavy atom. The lowest BCUT2D eigenvalue weighted by Gasteiger charge is -2.24. The van der Waals surface area contributed by atoms with E-state index in [1.807, 2.05) is 12.1 Å². The van der Waals surface area contributed by atoms with E-state index in [0.29, 0.717) is 49.0 Å². The number of aromatic nitrogens is 1. The van der Waals surface area contributed by atoms with Gasteiger partial charge in [0, 0.05) is 23.8 Å². The summed E-state index contributed by atoms with van der Waals surface area (Å²) in [7, 11) is 1.56. The standard InChI is InChI=1S/C28H23N3O7S/c1-4-37-27(33)24-16(2)29-28-30(25(24)18-7-11-20(36-3)12-8-18)26(32)23(39-28)15-21-13-14-22(38-21)17-5-9-19(10-6-17)31(34)35/h5-15,25H,4H2,1-3H3. The van der Waals surface area contributed by atoms with Crippen molar-refractivity contribution in [2.45, 2.75) is 19.9 Å². The second-order valence-corrected chi connectivity index (χ2v) is 9.59. The van der Waals surface area contributed by atoms with Gasteiger partial charge in [-0.25, -0.2) is 9.79 Å². The third-order valence-corrected chi connectivity index (χ3v) is 7.19.